The molecular formula is C13H18ClNO. The molecule has 0 saturated carbocycles. The minimum atomic E-state index is 0.147. The van der Waals surface area contributed by atoms with Crippen molar-refractivity contribution in [1.29, 1.82) is 0 Å². The maximum absolute atomic E-state index is 11.8. The fraction of sp³-hybridized carbons (Fsp3) is 0.462. The van der Waals surface area contributed by atoms with Gasteiger partial charge in [0.1, 0.15) is 0 Å². The summed E-state index contributed by atoms with van der Waals surface area (Å²) in [4.78, 5) is 13.5. The summed E-state index contributed by atoms with van der Waals surface area (Å²) in [6, 6.07) is 7.96. The van der Waals surface area contributed by atoms with E-state index in [1.54, 1.807) is 4.90 Å². The summed E-state index contributed by atoms with van der Waals surface area (Å²) in [5, 5.41) is 0. The molecule has 0 bridgehead atoms. The molecule has 1 amide bonds. The Morgan fingerprint density at radius 2 is 1.88 bits per heavy atom. The van der Waals surface area contributed by atoms with Gasteiger partial charge in [0, 0.05) is 25.0 Å². The third-order valence-corrected chi connectivity index (χ3v) is 2.84. The number of hydrogen-bond donors (Lipinski definition) is 0. The third-order valence-electron chi connectivity index (χ3n) is 2.57. The molecule has 0 unspecified atom stereocenters. The quantitative estimate of drug-likeness (QED) is 0.570. The fourth-order valence-corrected chi connectivity index (χ4v) is 1.64. The predicted octanol–water partition coefficient (Wildman–Crippen LogP) is 3.37. The first-order valence-corrected chi connectivity index (χ1v) is 6.08. The van der Waals surface area contributed by atoms with Crippen LogP contribution in [-0.2, 0) is 4.79 Å². The van der Waals surface area contributed by atoms with Crippen LogP contribution in [0.15, 0.2) is 24.3 Å². The van der Waals surface area contributed by atoms with E-state index in [9.17, 15) is 4.79 Å². The zero-order valence-electron chi connectivity index (χ0n) is 9.87. The number of benzene rings is 1. The number of amides is 1. The average molecular weight is 240 g/mol. The van der Waals surface area contributed by atoms with Gasteiger partial charge in [-0.1, -0.05) is 17.7 Å². The maximum atomic E-state index is 11.8. The molecule has 0 saturated heterocycles. The summed E-state index contributed by atoms with van der Waals surface area (Å²) < 4.78 is 0. The van der Waals surface area contributed by atoms with E-state index in [4.69, 9.17) is 11.6 Å². The van der Waals surface area contributed by atoms with Crippen LogP contribution in [-0.4, -0.2) is 18.8 Å². The first-order valence-electron chi connectivity index (χ1n) is 5.54. The van der Waals surface area contributed by atoms with Crippen LogP contribution in [0, 0.1) is 6.92 Å². The van der Waals surface area contributed by atoms with Crippen LogP contribution in [0.1, 0.15) is 24.8 Å². The number of carbonyl (C=O) groups excluding carboxylic acids is 1. The molecule has 1 aromatic rings. The molecule has 0 N–H and O–H groups in total. The third kappa shape index (κ3) is 3.86. The highest BCUT2D eigenvalue weighted by Crippen LogP contribution is 2.15. The summed E-state index contributed by atoms with van der Waals surface area (Å²) in [6.45, 7) is 2.03. The molecule has 0 aliphatic carbocycles. The molecule has 0 spiro atoms. The number of hydrogen-bond acceptors (Lipinski definition) is 1. The number of rotatable bonds is 5. The first kappa shape index (κ1) is 13.0. The lowest BCUT2D eigenvalue weighted by Crippen LogP contribution is -2.25. The Kier molecular flexibility index (Phi) is 5.33. The van der Waals surface area contributed by atoms with E-state index in [1.807, 2.05) is 38.2 Å². The van der Waals surface area contributed by atoms with Gasteiger partial charge in [0.25, 0.3) is 0 Å². The van der Waals surface area contributed by atoms with Crippen molar-refractivity contribution in [2.24, 2.45) is 0 Å². The van der Waals surface area contributed by atoms with Crippen molar-refractivity contribution in [3.8, 4) is 0 Å². The van der Waals surface area contributed by atoms with Crippen LogP contribution < -0.4 is 4.90 Å². The number of anilines is 1. The summed E-state index contributed by atoms with van der Waals surface area (Å²) in [6.07, 6.45) is 2.32. The Balaban J connectivity index is 2.53. The Morgan fingerprint density at radius 3 is 2.44 bits per heavy atom. The maximum Gasteiger partial charge on any atom is 0.226 e. The molecule has 3 heteroatoms. The van der Waals surface area contributed by atoms with Gasteiger partial charge in [-0.2, -0.15) is 0 Å². The molecule has 0 aromatic heterocycles. The SMILES string of the molecule is Cc1ccc(N(C)C(=O)CCCCCl)cc1. The summed E-state index contributed by atoms with van der Waals surface area (Å²) in [7, 11) is 1.81. The highest BCUT2D eigenvalue weighted by Gasteiger charge is 2.09. The van der Waals surface area contributed by atoms with Crippen molar-refractivity contribution in [1.82, 2.24) is 0 Å². The smallest absolute Gasteiger partial charge is 0.226 e. The van der Waals surface area contributed by atoms with E-state index < -0.39 is 0 Å². The Bertz CT molecular complexity index is 334. The standard InChI is InChI=1S/C13H18ClNO/c1-11-6-8-12(9-7-11)15(2)13(16)5-3-4-10-14/h6-9H,3-5,10H2,1-2H3. The van der Waals surface area contributed by atoms with Crippen LogP contribution in [0.25, 0.3) is 0 Å². The van der Waals surface area contributed by atoms with E-state index in [-0.39, 0.29) is 5.91 Å². The van der Waals surface area contributed by atoms with E-state index in [1.165, 1.54) is 5.56 Å². The number of nitrogens with zero attached hydrogens (tertiary/aromatic N) is 1. The van der Waals surface area contributed by atoms with Crippen LogP contribution in [0.4, 0.5) is 5.69 Å². The summed E-state index contributed by atoms with van der Waals surface area (Å²) >= 11 is 5.57. The lowest BCUT2D eigenvalue weighted by molar-refractivity contribution is -0.118. The van der Waals surface area contributed by atoms with Gasteiger partial charge in [0.15, 0.2) is 0 Å². The van der Waals surface area contributed by atoms with Crippen molar-refractivity contribution in [3.63, 3.8) is 0 Å². The Hall–Kier alpha value is -1.02. The average Bonchev–Trinajstić information content (AvgIpc) is 2.29. The first-order chi connectivity index (χ1) is 7.65. The molecule has 0 aliphatic heterocycles. The molecule has 0 aliphatic rings. The highest BCUT2D eigenvalue weighted by atomic mass is 35.5. The second-order valence-electron chi connectivity index (χ2n) is 3.93. The molecule has 1 rings (SSSR count). The van der Waals surface area contributed by atoms with Gasteiger partial charge in [0.2, 0.25) is 5.91 Å². The molecule has 0 fully saturated rings. The lowest BCUT2D eigenvalue weighted by Gasteiger charge is -2.17. The Morgan fingerprint density at radius 1 is 1.25 bits per heavy atom. The van der Waals surface area contributed by atoms with Crippen LogP contribution in [0.3, 0.4) is 0 Å². The molecule has 0 heterocycles. The van der Waals surface area contributed by atoms with Crippen molar-refractivity contribution in [3.05, 3.63) is 29.8 Å². The topological polar surface area (TPSA) is 20.3 Å². The number of alkyl halides is 1. The zero-order chi connectivity index (χ0) is 12.0. The monoisotopic (exact) mass is 239 g/mol. The molecule has 2 nitrogen and oxygen atoms in total. The molecule has 1 aromatic carbocycles. The van der Waals surface area contributed by atoms with E-state index in [2.05, 4.69) is 0 Å². The van der Waals surface area contributed by atoms with E-state index in [0.29, 0.717) is 12.3 Å². The molecule has 16 heavy (non-hydrogen) atoms. The molecule has 0 atom stereocenters. The van der Waals surface area contributed by atoms with Crippen molar-refractivity contribution >= 4 is 23.2 Å². The minimum Gasteiger partial charge on any atom is -0.316 e. The second-order valence-corrected chi connectivity index (χ2v) is 4.31. The second kappa shape index (κ2) is 6.54. The summed E-state index contributed by atoms with van der Waals surface area (Å²) in [5.74, 6) is 0.774. The van der Waals surface area contributed by atoms with Gasteiger partial charge < -0.3 is 4.90 Å². The normalized spacial score (nSPS) is 10.2. The zero-order valence-corrected chi connectivity index (χ0v) is 10.6. The van der Waals surface area contributed by atoms with Crippen LogP contribution >= 0.6 is 11.6 Å². The van der Waals surface area contributed by atoms with Gasteiger partial charge in [-0.3, -0.25) is 4.79 Å². The van der Waals surface area contributed by atoms with E-state index >= 15 is 0 Å². The number of carbonyl (C=O) groups is 1. The van der Waals surface area contributed by atoms with E-state index in [0.717, 1.165) is 18.5 Å². The van der Waals surface area contributed by atoms with Crippen molar-refractivity contribution < 1.29 is 4.79 Å². The van der Waals surface area contributed by atoms with Gasteiger partial charge in [-0.15, -0.1) is 11.6 Å². The van der Waals surface area contributed by atoms with Crippen LogP contribution in [0.5, 0.6) is 0 Å². The van der Waals surface area contributed by atoms with Crippen LogP contribution in [0.2, 0.25) is 0 Å². The lowest BCUT2D eigenvalue weighted by atomic mass is 10.2. The highest BCUT2D eigenvalue weighted by molar-refractivity contribution is 6.17. The number of halogens is 1. The molecule has 88 valence electrons. The summed E-state index contributed by atoms with van der Waals surface area (Å²) in [5.41, 5.74) is 2.15. The van der Waals surface area contributed by atoms with Gasteiger partial charge in [-0.25, -0.2) is 0 Å². The van der Waals surface area contributed by atoms with Crippen molar-refractivity contribution in [2.75, 3.05) is 17.8 Å². The van der Waals surface area contributed by atoms with Gasteiger partial charge in [-0.05, 0) is 31.9 Å². The largest absolute Gasteiger partial charge is 0.316 e. The number of aryl methyl sites for hydroxylation is 1. The fourth-order valence-electron chi connectivity index (χ4n) is 1.45. The minimum absolute atomic E-state index is 0.147. The molecule has 0 radical (unpaired) electrons. The van der Waals surface area contributed by atoms with Gasteiger partial charge in [0.05, 0.1) is 0 Å². The number of unbranched alkanes of at least 4 members (excludes halogenated alkanes) is 1. The molecular weight excluding hydrogens is 222 g/mol. The Labute approximate surface area is 102 Å². The van der Waals surface area contributed by atoms with Crippen molar-refractivity contribution in [2.45, 2.75) is 26.2 Å². The van der Waals surface area contributed by atoms with Gasteiger partial charge >= 0.3 is 0 Å². The predicted molar refractivity (Wildman–Crippen MR) is 69.2 cm³/mol.